The molecule has 0 amide bonds. The Kier molecular flexibility index (Phi) is 8.75. The first kappa shape index (κ1) is 27.4. The van der Waals surface area contributed by atoms with Gasteiger partial charge in [0.25, 0.3) is 6.01 Å². The monoisotopic (exact) mass is 548 g/mol. The zero-order chi connectivity index (χ0) is 27.9. The van der Waals surface area contributed by atoms with Crippen LogP contribution in [-0.2, 0) is 16.1 Å². The fourth-order valence-corrected chi connectivity index (χ4v) is 4.97. The first-order valence-corrected chi connectivity index (χ1v) is 13.7. The van der Waals surface area contributed by atoms with Crippen LogP contribution in [0.15, 0.2) is 59.3 Å². The van der Waals surface area contributed by atoms with Crippen LogP contribution in [-0.4, -0.2) is 61.6 Å². The SMILES string of the molecule is CCOc1cc(CN(c2nc3cc(OCC(=O)OC)ccc3o2)C2CCNCC2)cc(OCC)c1-n1cccc1. The summed E-state index contributed by atoms with van der Waals surface area (Å²) in [5.74, 6) is 1.60. The highest BCUT2D eigenvalue weighted by atomic mass is 16.6. The molecule has 1 aliphatic rings. The van der Waals surface area contributed by atoms with Crippen LogP contribution < -0.4 is 24.4 Å². The molecule has 0 atom stereocenters. The first-order valence-electron chi connectivity index (χ1n) is 13.7. The van der Waals surface area contributed by atoms with Gasteiger partial charge in [-0.15, -0.1) is 0 Å². The molecule has 1 aliphatic heterocycles. The maximum atomic E-state index is 11.5. The van der Waals surface area contributed by atoms with Crippen molar-refractivity contribution in [1.29, 1.82) is 0 Å². The van der Waals surface area contributed by atoms with E-state index < -0.39 is 5.97 Å². The van der Waals surface area contributed by atoms with E-state index in [1.807, 2.05) is 49.0 Å². The second kappa shape index (κ2) is 12.8. The Bertz CT molecular complexity index is 1380. The Labute approximate surface area is 233 Å². The highest BCUT2D eigenvalue weighted by Crippen LogP contribution is 2.37. The van der Waals surface area contributed by atoms with E-state index in [1.54, 1.807) is 12.1 Å². The summed E-state index contributed by atoms with van der Waals surface area (Å²) >= 11 is 0. The van der Waals surface area contributed by atoms with Gasteiger partial charge in [0.15, 0.2) is 12.2 Å². The number of methoxy groups -OCH3 is 1. The molecule has 0 bridgehead atoms. The normalized spacial score (nSPS) is 13.8. The molecule has 4 aromatic rings. The molecule has 10 heteroatoms. The van der Waals surface area contributed by atoms with Gasteiger partial charge in [0.2, 0.25) is 0 Å². The number of ether oxygens (including phenoxy) is 4. The maximum absolute atomic E-state index is 11.5. The lowest BCUT2D eigenvalue weighted by Gasteiger charge is -2.34. The summed E-state index contributed by atoms with van der Waals surface area (Å²) in [6.45, 7) is 7.28. The highest BCUT2D eigenvalue weighted by Gasteiger charge is 2.27. The summed E-state index contributed by atoms with van der Waals surface area (Å²) in [7, 11) is 1.33. The summed E-state index contributed by atoms with van der Waals surface area (Å²) in [6, 6.07) is 14.3. The fraction of sp³-hybridized carbons (Fsp3) is 0.400. The van der Waals surface area contributed by atoms with Crippen molar-refractivity contribution in [2.75, 3.05) is 44.9 Å². The molecule has 2 aromatic carbocycles. The number of esters is 1. The van der Waals surface area contributed by atoms with Crippen molar-refractivity contribution < 1.29 is 28.2 Å². The van der Waals surface area contributed by atoms with E-state index in [9.17, 15) is 4.79 Å². The van der Waals surface area contributed by atoms with Crippen molar-refractivity contribution in [3.63, 3.8) is 0 Å². The Morgan fingerprint density at radius 1 is 1.05 bits per heavy atom. The molecule has 0 unspecified atom stereocenters. The molecule has 5 rings (SSSR count). The number of rotatable bonds is 12. The van der Waals surface area contributed by atoms with Crippen molar-refractivity contribution in [3.05, 3.63) is 60.4 Å². The van der Waals surface area contributed by atoms with Crippen LogP contribution in [0.1, 0.15) is 32.3 Å². The van der Waals surface area contributed by atoms with Crippen molar-refractivity contribution in [2.24, 2.45) is 0 Å². The zero-order valence-corrected chi connectivity index (χ0v) is 23.2. The number of anilines is 1. The van der Waals surface area contributed by atoms with E-state index in [4.69, 9.17) is 23.6 Å². The number of aromatic nitrogens is 2. The van der Waals surface area contributed by atoms with E-state index in [0.717, 1.165) is 48.7 Å². The largest absolute Gasteiger partial charge is 0.492 e. The third-order valence-corrected chi connectivity index (χ3v) is 6.84. The van der Waals surface area contributed by atoms with Gasteiger partial charge in [-0.05, 0) is 81.7 Å². The standard InChI is InChI=1S/C30H36N4O6/c1-4-37-26-16-21(17-27(38-5-2)29(26)33-14-6-7-15-33)19-34(22-10-12-31-13-11-22)30-32-24-18-23(8-9-25(24)40-30)39-20-28(35)36-3/h6-9,14-18,22,31H,4-5,10-13,19-20H2,1-3H3. The number of hydrogen-bond acceptors (Lipinski definition) is 9. The molecule has 1 saturated heterocycles. The lowest BCUT2D eigenvalue weighted by molar-refractivity contribution is -0.142. The molecule has 0 spiro atoms. The number of hydrogen-bond donors (Lipinski definition) is 1. The second-order valence-corrected chi connectivity index (χ2v) is 9.50. The fourth-order valence-electron chi connectivity index (χ4n) is 4.97. The highest BCUT2D eigenvalue weighted by molar-refractivity contribution is 5.77. The summed E-state index contributed by atoms with van der Waals surface area (Å²) in [4.78, 5) is 18.6. The molecule has 40 heavy (non-hydrogen) atoms. The third kappa shape index (κ3) is 6.17. The first-order chi connectivity index (χ1) is 19.6. The predicted molar refractivity (Wildman–Crippen MR) is 152 cm³/mol. The molecular formula is C30H36N4O6. The lowest BCUT2D eigenvalue weighted by Crippen LogP contribution is -2.43. The zero-order valence-electron chi connectivity index (χ0n) is 23.2. The number of nitrogens with one attached hydrogen (secondary N) is 1. The van der Waals surface area contributed by atoms with Gasteiger partial charge in [-0.2, -0.15) is 4.98 Å². The predicted octanol–water partition coefficient (Wildman–Crippen LogP) is 4.73. The van der Waals surface area contributed by atoms with Gasteiger partial charge in [0, 0.05) is 31.0 Å². The number of fused-ring (bicyclic) bond motifs is 1. The minimum atomic E-state index is -0.446. The quantitative estimate of drug-likeness (QED) is 0.252. The Hall–Kier alpha value is -4.18. The van der Waals surface area contributed by atoms with E-state index in [-0.39, 0.29) is 12.6 Å². The van der Waals surface area contributed by atoms with Crippen LogP contribution in [0.25, 0.3) is 16.8 Å². The molecule has 1 N–H and O–H groups in total. The molecular weight excluding hydrogens is 512 g/mol. The molecule has 0 radical (unpaired) electrons. The Morgan fingerprint density at radius 2 is 1.75 bits per heavy atom. The number of benzene rings is 2. The van der Waals surface area contributed by atoms with Gasteiger partial charge in [-0.3, -0.25) is 0 Å². The van der Waals surface area contributed by atoms with Gasteiger partial charge in [0.1, 0.15) is 28.5 Å². The summed E-state index contributed by atoms with van der Waals surface area (Å²) in [6.07, 6.45) is 5.90. The van der Waals surface area contributed by atoms with Crippen molar-refractivity contribution in [2.45, 2.75) is 39.3 Å². The van der Waals surface area contributed by atoms with Gasteiger partial charge < -0.3 is 38.1 Å². The van der Waals surface area contributed by atoms with E-state index in [1.165, 1.54) is 7.11 Å². The number of piperidine rings is 1. The molecule has 0 saturated carbocycles. The van der Waals surface area contributed by atoms with Crippen LogP contribution in [0, 0.1) is 0 Å². The Morgan fingerprint density at radius 3 is 2.40 bits per heavy atom. The lowest BCUT2D eigenvalue weighted by atomic mass is 10.0. The third-order valence-electron chi connectivity index (χ3n) is 6.84. The number of oxazole rings is 1. The van der Waals surface area contributed by atoms with Crippen LogP contribution in [0.3, 0.4) is 0 Å². The van der Waals surface area contributed by atoms with Gasteiger partial charge in [0.05, 0.1) is 20.3 Å². The maximum Gasteiger partial charge on any atom is 0.343 e. The van der Waals surface area contributed by atoms with Gasteiger partial charge in [-0.25, -0.2) is 4.79 Å². The average Bonchev–Trinajstić information content (AvgIpc) is 3.65. The van der Waals surface area contributed by atoms with E-state index >= 15 is 0 Å². The van der Waals surface area contributed by atoms with Crippen molar-refractivity contribution in [3.8, 4) is 22.9 Å². The van der Waals surface area contributed by atoms with Crippen LogP contribution in [0.5, 0.6) is 17.2 Å². The van der Waals surface area contributed by atoms with Gasteiger partial charge >= 0.3 is 5.97 Å². The topological polar surface area (TPSA) is 100 Å². The van der Waals surface area contributed by atoms with Crippen LogP contribution in [0.4, 0.5) is 6.01 Å². The molecule has 3 heterocycles. The van der Waals surface area contributed by atoms with E-state index in [0.29, 0.717) is 42.6 Å². The minimum absolute atomic E-state index is 0.169. The number of nitrogens with zero attached hydrogens (tertiary/aromatic N) is 3. The van der Waals surface area contributed by atoms with Crippen LogP contribution >= 0.6 is 0 Å². The van der Waals surface area contributed by atoms with Gasteiger partial charge in [-0.1, -0.05) is 0 Å². The molecule has 1 fully saturated rings. The smallest absolute Gasteiger partial charge is 0.343 e. The summed E-state index contributed by atoms with van der Waals surface area (Å²) < 4.78 is 30.7. The Balaban J connectivity index is 1.50. The number of carbonyl (C=O) groups is 1. The molecule has 0 aliphatic carbocycles. The summed E-state index contributed by atoms with van der Waals surface area (Å²) in [5.41, 5.74) is 3.22. The average molecular weight is 549 g/mol. The van der Waals surface area contributed by atoms with Crippen molar-refractivity contribution >= 4 is 23.1 Å². The summed E-state index contributed by atoms with van der Waals surface area (Å²) in [5, 5.41) is 3.45. The number of carbonyl (C=O) groups excluding carboxylic acids is 1. The van der Waals surface area contributed by atoms with Crippen LogP contribution in [0.2, 0.25) is 0 Å². The second-order valence-electron chi connectivity index (χ2n) is 9.50. The van der Waals surface area contributed by atoms with E-state index in [2.05, 4.69) is 27.1 Å². The minimum Gasteiger partial charge on any atom is -0.492 e. The molecule has 212 valence electrons. The van der Waals surface area contributed by atoms with Crippen molar-refractivity contribution in [1.82, 2.24) is 14.9 Å². The molecule has 10 nitrogen and oxygen atoms in total. The molecule has 2 aromatic heterocycles.